The summed E-state index contributed by atoms with van der Waals surface area (Å²) in [6, 6.07) is 18.0. The maximum atomic E-state index is 12.7. The lowest BCUT2D eigenvalue weighted by molar-refractivity contribution is -0.138. The largest absolute Gasteiger partial charge is 0.341 e. The van der Waals surface area contributed by atoms with Crippen LogP contribution in [0.5, 0.6) is 0 Å². The Labute approximate surface area is 153 Å². The van der Waals surface area contributed by atoms with Gasteiger partial charge < -0.3 is 15.1 Å². The summed E-state index contributed by atoms with van der Waals surface area (Å²) in [7, 11) is 1.85. The number of urea groups is 1. The van der Waals surface area contributed by atoms with E-state index in [0.717, 1.165) is 29.7 Å². The number of fused-ring (bicyclic) bond motifs is 4. The van der Waals surface area contributed by atoms with Crippen molar-refractivity contribution in [2.45, 2.75) is 18.9 Å². The number of hydrogen-bond acceptors (Lipinski definition) is 2. The van der Waals surface area contributed by atoms with Crippen molar-refractivity contribution < 1.29 is 9.59 Å². The van der Waals surface area contributed by atoms with Crippen LogP contribution in [-0.4, -0.2) is 47.9 Å². The SMILES string of the molecule is CN1C(=O)[C@H]2CC[C@@H]1CN(C(=O)Nc1ccc(-c3ccccc3)cc1)C2. The van der Waals surface area contributed by atoms with Crippen LogP contribution in [0.15, 0.2) is 54.6 Å². The van der Waals surface area contributed by atoms with E-state index in [1.807, 2.05) is 54.4 Å². The van der Waals surface area contributed by atoms with E-state index in [2.05, 4.69) is 17.4 Å². The number of carbonyl (C=O) groups excluding carboxylic acids is 2. The fourth-order valence-electron chi connectivity index (χ4n) is 3.90. The summed E-state index contributed by atoms with van der Waals surface area (Å²) in [5.74, 6) is 0.105. The van der Waals surface area contributed by atoms with Crippen molar-refractivity contribution in [3.05, 3.63) is 54.6 Å². The number of rotatable bonds is 2. The molecule has 3 amide bonds. The molecule has 26 heavy (non-hydrogen) atoms. The highest BCUT2D eigenvalue weighted by Crippen LogP contribution is 2.28. The van der Waals surface area contributed by atoms with Gasteiger partial charge in [0.25, 0.3) is 0 Å². The lowest BCUT2D eigenvalue weighted by Gasteiger charge is -2.32. The molecule has 5 rings (SSSR count). The highest BCUT2D eigenvalue weighted by molar-refractivity contribution is 5.91. The first-order valence-corrected chi connectivity index (χ1v) is 9.10. The Morgan fingerprint density at radius 1 is 0.962 bits per heavy atom. The van der Waals surface area contributed by atoms with E-state index < -0.39 is 0 Å². The zero-order chi connectivity index (χ0) is 18.1. The number of hydrogen-bond donors (Lipinski definition) is 1. The lowest BCUT2D eigenvalue weighted by Crippen LogP contribution is -2.45. The molecule has 0 spiro atoms. The average molecular weight is 349 g/mol. The molecule has 2 atom stereocenters. The van der Waals surface area contributed by atoms with Crippen molar-refractivity contribution in [3.8, 4) is 11.1 Å². The highest BCUT2D eigenvalue weighted by Gasteiger charge is 2.40. The second-order valence-corrected chi connectivity index (χ2v) is 7.16. The van der Waals surface area contributed by atoms with Gasteiger partial charge in [0.2, 0.25) is 5.91 Å². The topological polar surface area (TPSA) is 52.7 Å². The van der Waals surface area contributed by atoms with Crippen LogP contribution in [0.25, 0.3) is 11.1 Å². The predicted molar refractivity (Wildman–Crippen MR) is 102 cm³/mol. The summed E-state index contributed by atoms with van der Waals surface area (Å²) in [6.07, 6.45) is 1.85. The Morgan fingerprint density at radius 3 is 2.38 bits per heavy atom. The number of anilines is 1. The van der Waals surface area contributed by atoms with E-state index in [0.29, 0.717) is 13.1 Å². The third kappa shape index (κ3) is 3.17. The van der Waals surface area contributed by atoms with Crippen LogP contribution >= 0.6 is 0 Å². The molecule has 0 aromatic heterocycles. The Kier molecular flexibility index (Phi) is 4.37. The van der Waals surface area contributed by atoms with Crippen LogP contribution in [0, 0.1) is 5.92 Å². The first-order valence-electron chi connectivity index (χ1n) is 9.10. The molecular weight excluding hydrogens is 326 g/mol. The highest BCUT2D eigenvalue weighted by atomic mass is 16.2. The van der Waals surface area contributed by atoms with Gasteiger partial charge in [0.05, 0.1) is 5.92 Å². The van der Waals surface area contributed by atoms with Crippen LogP contribution < -0.4 is 5.32 Å². The smallest absolute Gasteiger partial charge is 0.321 e. The molecule has 3 fully saturated rings. The van der Waals surface area contributed by atoms with Gasteiger partial charge in [-0.05, 0) is 36.1 Å². The maximum Gasteiger partial charge on any atom is 0.321 e. The summed E-state index contributed by atoms with van der Waals surface area (Å²) >= 11 is 0. The lowest BCUT2D eigenvalue weighted by atomic mass is 9.95. The molecule has 1 N–H and O–H groups in total. The number of likely N-dealkylation sites (N-methyl/N-ethyl adjacent to an activating group) is 1. The summed E-state index contributed by atoms with van der Waals surface area (Å²) in [6.45, 7) is 1.11. The number of amides is 3. The second kappa shape index (κ2) is 6.83. The monoisotopic (exact) mass is 349 g/mol. The molecular formula is C21H23N3O2. The number of nitrogens with zero attached hydrogens (tertiary/aromatic N) is 2. The van der Waals surface area contributed by atoms with Crippen molar-refractivity contribution in [3.63, 3.8) is 0 Å². The third-order valence-electron chi connectivity index (χ3n) is 5.50. The molecule has 5 nitrogen and oxygen atoms in total. The minimum atomic E-state index is -0.127. The van der Waals surface area contributed by atoms with Gasteiger partial charge in [0.15, 0.2) is 0 Å². The van der Waals surface area contributed by atoms with Crippen molar-refractivity contribution in [1.82, 2.24) is 9.80 Å². The normalized spacial score (nSPS) is 22.3. The average Bonchev–Trinajstić information content (AvgIpc) is 2.96. The van der Waals surface area contributed by atoms with Crippen LogP contribution in [-0.2, 0) is 4.79 Å². The molecule has 2 aromatic carbocycles. The Hall–Kier alpha value is -2.82. The summed E-state index contributed by atoms with van der Waals surface area (Å²) in [5, 5.41) is 2.97. The van der Waals surface area contributed by atoms with Crippen molar-refractivity contribution in [2.24, 2.45) is 5.92 Å². The van der Waals surface area contributed by atoms with Gasteiger partial charge >= 0.3 is 6.03 Å². The van der Waals surface area contributed by atoms with Crippen molar-refractivity contribution in [2.75, 3.05) is 25.5 Å². The van der Waals surface area contributed by atoms with Gasteiger partial charge in [-0.3, -0.25) is 4.79 Å². The standard InChI is InChI=1S/C21H23N3O2/c1-23-19-12-9-17(20(23)25)13-24(14-19)21(26)22-18-10-7-16(8-11-18)15-5-3-2-4-6-15/h2-8,10-11,17,19H,9,12-14H2,1H3,(H,22,26)/t17-,19+/m0/s1. The first kappa shape index (κ1) is 16.6. The molecule has 3 saturated heterocycles. The summed E-state index contributed by atoms with van der Waals surface area (Å²) in [4.78, 5) is 28.6. The fourth-order valence-corrected chi connectivity index (χ4v) is 3.90. The van der Waals surface area contributed by atoms with Gasteiger partial charge in [-0.1, -0.05) is 42.5 Å². The van der Waals surface area contributed by atoms with Gasteiger partial charge in [-0.25, -0.2) is 4.79 Å². The predicted octanol–water partition coefficient (Wildman–Crippen LogP) is 3.44. The quantitative estimate of drug-likeness (QED) is 0.903. The Morgan fingerprint density at radius 2 is 1.65 bits per heavy atom. The minimum absolute atomic E-state index is 0.0649. The zero-order valence-electron chi connectivity index (χ0n) is 14.9. The molecule has 2 aromatic rings. The Bertz CT molecular complexity index is 804. The molecule has 0 saturated carbocycles. The van der Waals surface area contributed by atoms with Gasteiger partial charge in [0, 0.05) is 31.9 Å². The van der Waals surface area contributed by atoms with E-state index in [1.54, 1.807) is 4.90 Å². The first-order chi connectivity index (χ1) is 12.6. The van der Waals surface area contributed by atoms with Gasteiger partial charge in [-0.2, -0.15) is 0 Å². The van der Waals surface area contributed by atoms with Crippen LogP contribution in [0.4, 0.5) is 10.5 Å². The van der Waals surface area contributed by atoms with Crippen molar-refractivity contribution in [1.29, 1.82) is 0 Å². The molecule has 0 radical (unpaired) electrons. The summed E-state index contributed by atoms with van der Waals surface area (Å²) < 4.78 is 0. The van der Waals surface area contributed by atoms with Gasteiger partial charge in [0.1, 0.15) is 0 Å². The molecule has 2 bridgehead atoms. The molecule has 0 aliphatic carbocycles. The number of piperidine rings is 1. The molecule has 0 unspecified atom stereocenters. The fraction of sp³-hybridized carbons (Fsp3) is 0.333. The number of benzene rings is 2. The molecule has 3 heterocycles. The summed E-state index contributed by atoms with van der Waals surface area (Å²) in [5.41, 5.74) is 3.03. The van der Waals surface area contributed by atoms with Crippen molar-refractivity contribution >= 4 is 17.6 Å². The van der Waals surface area contributed by atoms with E-state index in [9.17, 15) is 9.59 Å². The van der Waals surface area contributed by atoms with Crippen LogP contribution in [0.1, 0.15) is 12.8 Å². The Balaban J connectivity index is 1.44. The third-order valence-corrected chi connectivity index (χ3v) is 5.50. The van der Waals surface area contributed by atoms with Gasteiger partial charge in [-0.15, -0.1) is 0 Å². The van der Waals surface area contributed by atoms with Crippen LogP contribution in [0.3, 0.4) is 0 Å². The molecule has 3 aliphatic rings. The van der Waals surface area contributed by atoms with E-state index >= 15 is 0 Å². The van der Waals surface area contributed by atoms with Crippen LogP contribution in [0.2, 0.25) is 0 Å². The van der Waals surface area contributed by atoms with E-state index in [4.69, 9.17) is 0 Å². The molecule has 3 aliphatic heterocycles. The second-order valence-electron chi connectivity index (χ2n) is 7.16. The van der Waals surface area contributed by atoms with E-state index in [-0.39, 0.29) is 23.9 Å². The number of nitrogens with one attached hydrogen (secondary N) is 1. The zero-order valence-corrected chi connectivity index (χ0v) is 14.9. The van der Waals surface area contributed by atoms with E-state index in [1.165, 1.54) is 0 Å². The number of carbonyl (C=O) groups is 2. The maximum absolute atomic E-state index is 12.7. The minimum Gasteiger partial charge on any atom is -0.341 e. The molecule has 134 valence electrons. The molecule has 5 heteroatoms.